The van der Waals surface area contributed by atoms with Crippen LogP contribution in [-0.2, 0) is 38.0 Å². The molecular formula is C56H103NO9. The smallest absolute Gasteiger partial charge is 0.305 e. The third kappa shape index (κ3) is 48.1. The van der Waals surface area contributed by atoms with Gasteiger partial charge < -0.3 is 38.4 Å². The number of carbonyl (C=O) groups excluding carboxylic acids is 2. The molecule has 0 atom stereocenters. The average Bonchev–Trinajstić information content (AvgIpc) is 3.31. The molecule has 0 spiro atoms. The fourth-order valence-corrected chi connectivity index (χ4v) is 7.28. The lowest BCUT2D eigenvalue weighted by Crippen LogP contribution is -2.29. The summed E-state index contributed by atoms with van der Waals surface area (Å²) >= 11 is 0. The number of aliphatic hydroxyl groups excluding tert-OH is 1. The van der Waals surface area contributed by atoms with Gasteiger partial charge in [0.15, 0.2) is 12.6 Å². The van der Waals surface area contributed by atoms with Crippen molar-refractivity contribution >= 4 is 11.9 Å². The molecule has 0 saturated heterocycles. The van der Waals surface area contributed by atoms with Crippen LogP contribution in [0.25, 0.3) is 0 Å². The lowest BCUT2D eigenvalue weighted by Gasteiger charge is -2.21. The molecule has 0 amide bonds. The zero-order chi connectivity index (χ0) is 48.1. The van der Waals surface area contributed by atoms with E-state index in [9.17, 15) is 14.7 Å². The van der Waals surface area contributed by atoms with Crippen LogP contribution < -0.4 is 0 Å². The van der Waals surface area contributed by atoms with Gasteiger partial charge in [-0.05, 0) is 154 Å². The number of nitrogens with zero attached hydrogens (tertiary/aromatic N) is 1. The number of aliphatic hydroxyl groups is 1. The Balaban J connectivity index is 4.17. The number of allylic oxidation sites excluding steroid dienone is 8. The summed E-state index contributed by atoms with van der Waals surface area (Å²) in [6, 6.07) is 0. The van der Waals surface area contributed by atoms with Crippen molar-refractivity contribution in [3.8, 4) is 0 Å². The normalized spacial score (nSPS) is 12.2. The highest BCUT2D eigenvalue weighted by Crippen LogP contribution is 2.14. The molecule has 0 rings (SSSR count). The molecule has 0 bridgehead atoms. The second kappa shape index (κ2) is 53.6. The van der Waals surface area contributed by atoms with Crippen molar-refractivity contribution in [3.05, 3.63) is 48.6 Å². The summed E-state index contributed by atoms with van der Waals surface area (Å²) in [4.78, 5) is 27.3. The van der Waals surface area contributed by atoms with E-state index in [4.69, 9.17) is 28.4 Å². The summed E-state index contributed by atoms with van der Waals surface area (Å²) in [5, 5.41) is 9.63. The van der Waals surface area contributed by atoms with E-state index in [2.05, 4.69) is 81.2 Å². The highest BCUT2D eigenvalue weighted by Gasteiger charge is 2.14. The van der Waals surface area contributed by atoms with E-state index in [0.717, 1.165) is 174 Å². The number of esters is 2. The minimum absolute atomic E-state index is 0.139. The van der Waals surface area contributed by atoms with E-state index < -0.39 is 0 Å². The Labute approximate surface area is 406 Å². The van der Waals surface area contributed by atoms with Gasteiger partial charge in [0, 0.05) is 45.8 Å². The first-order chi connectivity index (χ1) is 32.5. The van der Waals surface area contributed by atoms with Crippen molar-refractivity contribution in [2.24, 2.45) is 0 Å². The molecule has 386 valence electrons. The van der Waals surface area contributed by atoms with Crippen LogP contribution in [0.2, 0.25) is 0 Å². The number of hydrogen-bond acceptors (Lipinski definition) is 10. The summed E-state index contributed by atoms with van der Waals surface area (Å²) in [6.45, 7) is 15.0. The number of unbranched alkanes of at least 4 members (excludes halogenated alkanes) is 15. The van der Waals surface area contributed by atoms with E-state index in [1.165, 1.54) is 0 Å². The van der Waals surface area contributed by atoms with Gasteiger partial charge in [-0.1, -0.05) is 108 Å². The maximum absolute atomic E-state index is 12.5. The van der Waals surface area contributed by atoms with E-state index in [1.807, 2.05) is 0 Å². The maximum atomic E-state index is 12.5. The topological polar surface area (TPSA) is 113 Å². The average molecular weight is 934 g/mol. The van der Waals surface area contributed by atoms with E-state index in [0.29, 0.717) is 78.3 Å². The molecule has 0 aliphatic rings. The Morgan fingerprint density at radius 2 is 0.742 bits per heavy atom. The molecule has 0 fully saturated rings. The van der Waals surface area contributed by atoms with Crippen LogP contribution in [-0.4, -0.2) is 100 Å². The van der Waals surface area contributed by atoms with Crippen molar-refractivity contribution < 1.29 is 43.1 Å². The van der Waals surface area contributed by atoms with Crippen LogP contribution in [0.3, 0.4) is 0 Å². The number of hydrogen-bond donors (Lipinski definition) is 1. The fourth-order valence-electron chi connectivity index (χ4n) is 7.28. The van der Waals surface area contributed by atoms with Crippen molar-refractivity contribution in [2.75, 3.05) is 65.9 Å². The molecule has 10 heteroatoms. The summed E-state index contributed by atoms with van der Waals surface area (Å²) in [7, 11) is 0. The quantitative estimate of drug-likeness (QED) is 0.0274. The first kappa shape index (κ1) is 63.7. The van der Waals surface area contributed by atoms with Crippen molar-refractivity contribution in [2.45, 2.75) is 233 Å². The molecule has 66 heavy (non-hydrogen) atoms. The van der Waals surface area contributed by atoms with E-state index in [-0.39, 0.29) is 31.1 Å². The van der Waals surface area contributed by atoms with Crippen LogP contribution in [0, 0.1) is 0 Å². The molecule has 0 aliphatic carbocycles. The van der Waals surface area contributed by atoms with Crippen LogP contribution in [0.1, 0.15) is 220 Å². The van der Waals surface area contributed by atoms with Gasteiger partial charge in [0.2, 0.25) is 0 Å². The van der Waals surface area contributed by atoms with Crippen molar-refractivity contribution in [3.63, 3.8) is 0 Å². The van der Waals surface area contributed by atoms with Gasteiger partial charge in [0.1, 0.15) is 0 Å². The van der Waals surface area contributed by atoms with Crippen molar-refractivity contribution in [1.82, 2.24) is 4.90 Å². The summed E-state index contributed by atoms with van der Waals surface area (Å²) in [5.74, 6) is -0.317. The second-order valence-electron chi connectivity index (χ2n) is 17.5. The first-order valence-electron chi connectivity index (χ1n) is 27.2. The number of ether oxygens (including phenoxy) is 6. The summed E-state index contributed by atoms with van der Waals surface area (Å²) < 4.78 is 35.4. The molecule has 1 N–H and O–H groups in total. The summed E-state index contributed by atoms with van der Waals surface area (Å²) in [5.41, 5.74) is 0. The second-order valence-corrected chi connectivity index (χ2v) is 17.5. The standard InChI is InChI=1S/C56H103NO9/c1-5-9-13-17-24-34-49-63-55(64-50-35-25-18-14-10-6-2)40-38-39-53(59)61-47-33-29-23-31-44-57(45-46-58)43-30-22-21-28-32-48-62-54(60)41-42-56(65-51-36-26-19-15-11-7-3)66-52-37-27-20-16-12-8-4/h9-16,55-56,58H,5-8,17-52H2,1-4H3/b13-9-,14-10-,15-11-,16-12-. The minimum atomic E-state index is -0.366. The molecule has 0 heterocycles. The van der Waals surface area contributed by atoms with E-state index in [1.54, 1.807) is 0 Å². The molecule has 0 saturated carbocycles. The maximum Gasteiger partial charge on any atom is 0.305 e. The van der Waals surface area contributed by atoms with Gasteiger partial charge in [-0.25, -0.2) is 0 Å². The Hall–Kier alpha value is -2.34. The van der Waals surface area contributed by atoms with Gasteiger partial charge in [-0.3, -0.25) is 9.59 Å². The molecule has 0 unspecified atom stereocenters. The van der Waals surface area contributed by atoms with Gasteiger partial charge in [-0.15, -0.1) is 0 Å². The third-order valence-corrected chi connectivity index (χ3v) is 11.2. The third-order valence-electron chi connectivity index (χ3n) is 11.2. The SMILES string of the molecule is CC/C=C\CCCCOC(CCCC(=O)OCCCCCCN(CCO)CCCCCCCOC(=O)CCC(OCCCC/C=C\CC)OCCCC/C=C\CC)OCCCC/C=C\CC. The lowest BCUT2D eigenvalue weighted by molar-refractivity contribution is -0.159. The Morgan fingerprint density at radius 1 is 0.394 bits per heavy atom. The lowest BCUT2D eigenvalue weighted by atomic mass is 10.1. The zero-order valence-electron chi connectivity index (χ0n) is 43.2. The van der Waals surface area contributed by atoms with Crippen molar-refractivity contribution in [1.29, 1.82) is 0 Å². The number of carbonyl (C=O) groups is 2. The predicted molar refractivity (Wildman–Crippen MR) is 275 cm³/mol. The molecule has 0 aromatic heterocycles. The van der Waals surface area contributed by atoms with Crippen LogP contribution in [0.4, 0.5) is 0 Å². The fraction of sp³-hybridized carbons (Fsp3) is 0.821. The van der Waals surface area contributed by atoms with Crippen LogP contribution in [0.15, 0.2) is 48.6 Å². The monoisotopic (exact) mass is 934 g/mol. The highest BCUT2D eigenvalue weighted by molar-refractivity contribution is 5.69. The van der Waals surface area contributed by atoms with E-state index >= 15 is 0 Å². The molecule has 0 aliphatic heterocycles. The van der Waals surface area contributed by atoms with Gasteiger partial charge in [0.25, 0.3) is 0 Å². The van der Waals surface area contributed by atoms with Crippen LogP contribution >= 0.6 is 0 Å². The molecule has 0 aromatic carbocycles. The minimum Gasteiger partial charge on any atom is -0.466 e. The van der Waals surface area contributed by atoms with Gasteiger partial charge >= 0.3 is 11.9 Å². The van der Waals surface area contributed by atoms with Gasteiger partial charge in [-0.2, -0.15) is 0 Å². The molecular weight excluding hydrogens is 831 g/mol. The van der Waals surface area contributed by atoms with Crippen LogP contribution in [0.5, 0.6) is 0 Å². The molecule has 0 radical (unpaired) electrons. The Bertz CT molecular complexity index is 1090. The van der Waals surface area contributed by atoms with Gasteiger partial charge in [0.05, 0.1) is 26.2 Å². The molecule has 10 nitrogen and oxygen atoms in total. The first-order valence-corrected chi connectivity index (χ1v) is 27.2. The molecule has 0 aromatic rings. The number of rotatable bonds is 52. The Kier molecular flexibility index (Phi) is 51.7. The predicted octanol–water partition coefficient (Wildman–Crippen LogP) is 14.1. The largest absolute Gasteiger partial charge is 0.466 e. The summed E-state index contributed by atoms with van der Waals surface area (Å²) in [6.07, 6.45) is 46.0. The Morgan fingerprint density at radius 3 is 1.14 bits per heavy atom. The highest BCUT2D eigenvalue weighted by atomic mass is 16.7. The zero-order valence-corrected chi connectivity index (χ0v) is 43.2.